The third-order valence-electron chi connectivity index (χ3n) is 2.34. The van der Waals surface area contributed by atoms with Crippen LogP contribution in [0.1, 0.15) is 18.9 Å². The van der Waals surface area contributed by atoms with Gasteiger partial charge in [0.1, 0.15) is 5.75 Å². The fourth-order valence-corrected chi connectivity index (χ4v) is 1.49. The van der Waals surface area contributed by atoms with Crippen LogP contribution in [0.25, 0.3) is 5.57 Å². The molecule has 0 radical (unpaired) electrons. The lowest BCUT2D eigenvalue weighted by molar-refractivity contribution is -0.141. The summed E-state index contributed by atoms with van der Waals surface area (Å²) in [5.41, 5.74) is 1.45. The predicted octanol–water partition coefficient (Wildman–Crippen LogP) is 2.56. The standard InChI is InChI=1S/C14H15NO3/c1-3-18-14(16)10-12(8-9-15)11-4-6-13(17-2)7-5-11/h4-8H,3,10H2,1-2H3/b12-8-. The normalized spacial score (nSPS) is 10.6. The van der Waals surface area contributed by atoms with E-state index in [0.717, 1.165) is 11.3 Å². The number of hydrogen-bond donors (Lipinski definition) is 0. The van der Waals surface area contributed by atoms with Gasteiger partial charge in [-0.05, 0) is 30.2 Å². The first-order valence-electron chi connectivity index (χ1n) is 5.60. The fourth-order valence-electron chi connectivity index (χ4n) is 1.49. The van der Waals surface area contributed by atoms with E-state index < -0.39 is 0 Å². The number of benzene rings is 1. The van der Waals surface area contributed by atoms with E-state index in [1.54, 1.807) is 38.3 Å². The van der Waals surface area contributed by atoms with Crippen LogP contribution in [-0.2, 0) is 9.53 Å². The van der Waals surface area contributed by atoms with Gasteiger partial charge in [0.15, 0.2) is 0 Å². The molecular weight excluding hydrogens is 230 g/mol. The minimum Gasteiger partial charge on any atom is -0.497 e. The van der Waals surface area contributed by atoms with Crippen LogP contribution in [0.3, 0.4) is 0 Å². The Balaban J connectivity index is 2.88. The largest absolute Gasteiger partial charge is 0.497 e. The zero-order valence-corrected chi connectivity index (χ0v) is 10.5. The van der Waals surface area contributed by atoms with E-state index in [1.807, 2.05) is 6.07 Å². The number of esters is 1. The molecule has 0 aliphatic rings. The van der Waals surface area contributed by atoms with Gasteiger partial charge in [-0.3, -0.25) is 4.79 Å². The molecule has 0 unspecified atom stereocenters. The highest BCUT2D eigenvalue weighted by Gasteiger charge is 2.09. The highest BCUT2D eigenvalue weighted by atomic mass is 16.5. The van der Waals surface area contributed by atoms with Gasteiger partial charge in [0.2, 0.25) is 0 Å². The van der Waals surface area contributed by atoms with Gasteiger partial charge in [-0.2, -0.15) is 5.26 Å². The van der Waals surface area contributed by atoms with Crippen molar-refractivity contribution in [2.45, 2.75) is 13.3 Å². The molecule has 0 aliphatic heterocycles. The summed E-state index contributed by atoms with van der Waals surface area (Å²) in [7, 11) is 1.58. The third-order valence-corrected chi connectivity index (χ3v) is 2.34. The molecule has 0 saturated carbocycles. The Kier molecular flexibility index (Phi) is 5.46. The number of nitrogens with zero attached hydrogens (tertiary/aromatic N) is 1. The number of allylic oxidation sites excluding steroid dienone is 1. The molecule has 0 bridgehead atoms. The van der Waals surface area contributed by atoms with Crippen LogP contribution in [0.5, 0.6) is 5.75 Å². The maximum Gasteiger partial charge on any atom is 0.310 e. The summed E-state index contributed by atoms with van der Waals surface area (Å²) >= 11 is 0. The van der Waals surface area contributed by atoms with Gasteiger partial charge in [-0.15, -0.1) is 0 Å². The molecule has 4 heteroatoms. The summed E-state index contributed by atoms with van der Waals surface area (Å²) in [6, 6.07) is 9.12. The van der Waals surface area contributed by atoms with E-state index in [1.165, 1.54) is 6.08 Å². The molecule has 0 aliphatic carbocycles. The molecule has 0 saturated heterocycles. The van der Waals surface area contributed by atoms with Crippen LogP contribution in [0, 0.1) is 11.3 Å². The van der Waals surface area contributed by atoms with Crippen molar-refractivity contribution in [3.05, 3.63) is 35.9 Å². The van der Waals surface area contributed by atoms with Gasteiger partial charge >= 0.3 is 5.97 Å². The first kappa shape index (κ1) is 13.8. The van der Waals surface area contributed by atoms with E-state index in [4.69, 9.17) is 14.7 Å². The first-order valence-corrected chi connectivity index (χ1v) is 5.60. The molecule has 0 atom stereocenters. The van der Waals surface area contributed by atoms with Crippen molar-refractivity contribution in [3.63, 3.8) is 0 Å². The van der Waals surface area contributed by atoms with E-state index in [2.05, 4.69) is 0 Å². The van der Waals surface area contributed by atoms with Crippen LogP contribution in [0.15, 0.2) is 30.3 Å². The average molecular weight is 245 g/mol. The van der Waals surface area contributed by atoms with Crippen LogP contribution >= 0.6 is 0 Å². The minimum absolute atomic E-state index is 0.0910. The van der Waals surface area contributed by atoms with Crippen molar-refractivity contribution in [1.82, 2.24) is 0 Å². The van der Waals surface area contributed by atoms with Crippen molar-refractivity contribution >= 4 is 11.5 Å². The van der Waals surface area contributed by atoms with Gasteiger partial charge in [0.05, 0.1) is 26.2 Å². The molecule has 94 valence electrons. The number of nitriles is 1. The summed E-state index contributed by atoms with van der Waals surface area (Å²) in [4.78, 5) is 11.4. The Bertz CT molecular complexity index is 469. The van der Waals surface area contributed by atoms with Gasteiger partial charge in [-0.25, -0.2) is 0 Å². The Hall–Kier alpha value is -2.28. The van der Waals surface area contributed by atoms with Gasteiger partial charge in [0, 0.05) is 6.08 Å². The van der Waals surface area contributed by atoms with E-state index in [0.29, 0.717) is 12.2 Å². The van der Waals surface area contributed by atoms with Crippen molar-refractivity contribution < 1.29 is 14.3 Å². The molecule has 1 aromatic rings. The van der Waals surface area contributed by atoms with Crippen molar-refractivity contribution in [1.29, 1.82) is 5.26 Å². The number of ether oxygens (including phenoxy) is 2. The molecule has 0 amide bonds. The quantitative estimate of drug-likeness (QED) is 0.591. The summed E-state index contributed by atoms with van der Waals surface area (Å²) in [6.45, 7) is 2.08. The highest BCUT2D eigenvalue weighted by Crippen LogP contribution is 2.21. The third kappa shape index (κ3) is 3.95. The van der Waals surface area contributed by atoms with Crippen LogP contribution in [0.4, 0.5) is 0 Å². The molecule has 1 rings (SSSR count). The topological polar surface area (TPSA) is 59.3 Å². The molecule has 0 fully saturated rings. The number of rotatable bonds is 5. The van der Waals surface area contributed by atoms with Gasteiger partial charge in [0.25, 0.3) is 0 Å². The number of hydrogen-bond acceptors (Lipinski definition) is 4. The SMILES string of the molecule is CCOC(=O)C/C(=C/C#N)c1ccc(OC)cc1. The van der Waals surface area contributed by atoms with Crippen molar-refractivity contribution in [2.75, 3.05) is 13.7 Å². The molecule has 18 heavy (non-hydrogen) atoms. The van der Waals surface area contributed by atoms with E-state index in [-0.39, 0.29) is 12.4 Å². The first-order chi connectivity index (χ1) is 8.71. The second-order valence-electron chi connectivity index (χ2n) is 3.51. The van der Waals surface area contributed by atoms with Gasteiger partial charge in [-0.1, -0.05) is 12.1 Å². The number of carbonyl (C=O) groups is 1. The summed E-state index contributed by atoms with van der Waals surface area (Å²) in [5.74, 6) is 0.390. The predicted molar refractivity (Wildman–Crippen MR) is 67.8 cm³/mol. The Morgan fingerprint density at radius 3 is 2.56 bits per heavy atom. The Labute approximate surface area is 106 Å². The molecular formula is C14H15NO3. The summed E-state index contributed by atoms with van der Waals surface area (Å²) in [5, 5.41) is 8.74. The fraction of sp³-hybridized carbons (Fsp3) is 0.286. The Morgan fingerprint density at radius 1 is 1.39 bits per heavy atom. The summed E-state index contributed by atoms with van der Waals surface area (Å²) < 4.78 is 9.92. The zero-order chi connectivity index (χ0) is 13.4. The minimum atomic E-state index is -0.338. The second kappa shape index (κ2) is 7.13. The molecule has 0 aromatic heterocycles. The number of carbonyl (C=O) groups excluding carboxylic acids is 1. The van der Waals surface area contributed by atoms with E-state index in [9.17, 15) is 4.79 Å². The molecule has 4 nitrogen and oxygen atoms in total. The highest BCUT2D eigenvalue weighted by molar-refractivity contribution is 5.86. The maximum atomic E-state index is 11.4. The van der Waals surface area contributed by atoms with E-state index >= 15 is 0 Å². The second-order valence-corrected chi connectivity index (χ2v) is 3.51. The van der Waals surface area contributed by atoms with Crippen molar-refractivity contribution in [3.8, 4) is 11.8 Å². The molecule has 0 spiro atoms. The summed E-state index contributed by atoms with van der Waals surface area (Å²) in [6.07, 6.45) is 1.45. The molecule has 0 heterocycles. The molecule has 1 aromatic carbocycles. The zero-order valence-electron chi connectivity index (χ0n) is 10.5. The van der Waals surface area contributed by atoms with Crippen LogP contribution in [0.2, 0.25) is 0 Å². The lowest BCUT2D eigenvalue weighted by atomic mass is 10.0. The van der Waals surface area contributed by atoms with Crippen LogP contribution < -0.4 is 4.74 Å². The monoisotopic (exact) mass is 245 g/mol. The lowest BCUT2D eigenvalue weighted by Crippen LogP contribution is -2.04. The van der Waals surface area contributed by atoms with Crippen LogP contribution in [-0.4, -0.2) is 19.7 Å². The molecule has 0 N–H and O–H groups in total. The number of methoxy groups -OCH3 is 1. The lowest BCUT2D eigenvalue weighted by Gasteiger charge is -2.07. The van der Waals surface area contributed by atoms with Crippen molar-refractivity contribution in [2.24, 2.45) is 0 Å². The average Bonchev–Trinajstić information content (AvgIpc) is 2.39. The van der Waals surface area contributed by atoms with Gasteiger partial charge < -0.3 is 9.47 Å². The Morgan fingerprint density at radius 2 is 2.06 bits per heavy atom. The smallest absolute Gasteiger partial charge is 0.310 e. The maximum absolute atomic E-state index is 11.4.